The number of halogens is 1. The van der Waals surface area contributed by atoms with E-state index in [1.165, 1.54) is 6.20 Å². The topological polar surface area (TPSA) is 66.0 Å². The molecular formula is C15H17ClN4O. The highest BCUT2D eigenvalue weighted by Crippen LogP contribution is 2.09. The van der Waals surface area contributed by atoms with Crippen molar-refractivity contribution in [1.29, 1.82) is 0 Å². The Morgan fingerprint density at radius 3 is 2.67 bits per heavy atom. The highest BCUT2D eigenvalue weighted by atomic mass is 35.5. The molecule has 0 spiro atoms. The van der Waals surface area contributed by atoms with Gasteiger partial charge in [0.2, 0.25) is 0 Å². The summed E-state index contributed by atoms with van der Waals surface area (Å²) in [7, 11) is 0. The van der Waals surface area contributed by atoms with E-state index in [1.807, 2.05) is 37.3 Å². The summed E-state index contributed by atoms with van der Waals surface area (Å²) in [6.45, 7) is 2.55. The number of urea groups is 1. The Labute approximate surface area is 128 Å². The maximum atomic E-state index is 11.8. The molecule has 21 heavy (non-hydrogen) atoms. The monoisotopic (exact) mass is 304 g/mol. The van der Waals surface area contributed by atoms with Gasteiger partial charge in [0.05, 0.1) is 5.02 Å². The minimum absolute atomic E-state index is 0.0301. The first-order chi connectivity index (χ1) is 10.1. The Morgan fingerprint density at radius 2 is 2.00 bits per heavy atom. The lowest BCUT2D eigenvalue weighted by atomic mass is 10.3. The smallest absolute Gasteiger partial charge is 0.320 e. The summed E-state index contributed by atoms with van der Waals surface area (Å²) in [5.41, 5.74) is 1.02. The third kappa shape index (κ3) is 5.31. The molecule has 110 valence electrons. The normalized spacial score (nSPS) is 11.5. The molecule has 2 aromatic rings. The number of aromatic nitrogens is 1. The molecule has 0 bridgehead atoms. The Bertz CT molecular complexity index is 574. The SMILES string of the molecule is C[C@@H](CNc1ccccc1)NC(=O)Nc1ccc(Cl)cn1. The fourth-order valence-corrected chi connectivity index (χ4v) is 1.82. The van der Waals surface area contributed by atoms with E-state index in [0.717, 1.165) is 5.69 Å². The largest absolute Gasteiger partial charge is 0.383 e. The van der Waals surface area contributed by atoms with Crippen LogP contribution in [-0.4, -0.2) is 23.6 Å². The molecule has 0 aliphatic rings. The Hall–Kier alpha value is -2.27. The van der Waals surface area contributed by atoms with Crippen molar-refractivity contribution >= 4 is 29.1 Å². The number of hydrogen-bond acceptors (Lipinski definition) is 3. The fraction of sp³-hybridized carbons (Fsp3) is 0.200. The number of amides is 2. The van der Waals surface area contributed by atoms with Crippen molar-refractivity contribution < 1.29 is 4.79 Å². The van der Waals surface area contributed by atoms with Crippen molar-refractivity contribution in [3.8, 4) is 0 Å². The first-order valence-corrected chi connectivity index (χ1v) is 6.99. The molecule has 5 nitrogen and oxygen atoms in total. The first kappa shape index (κ1) is 15.1. The van der Waals surface area contributed by atoms with Gasteiger partial charge in [0, 0.05) is 24.5 Å². The van der Waals surface area contributed by atoms with Crippen LogP contribution in [0.15, 0.2) is 48.7 Å². The van der Waals surface area contributed by atoms with Crippen molar-refractivity contribution in [2.24, 2.45) is 0 Å². The van der Waals surface area contributed by atoms with Gasteiger partial charge >= 0.3 is 6.03 Å². The second-order valence-electron chi connectivity index (χ2n) is 4.61. The second kappa shape index (κ2) is 7.50. The number of anilines is 2. The molecule has 0 aliphatic heterocycles. The van der Waals surface area contributed by atoms with Crippen LogP contribution in [-0.2, 0) is 0 Å². The van der Waals surface area contributed by atoms with Crippen LogP contribution in [0.3, 0.4) is 0 Å². The van der Waals surface area contributed by atoms with Gasteiger partial charge in [0.25, 0.3) is 0 Å². The summed E-state index contributed by atoms with van der Waals surface area (Å²) in [4.78, 5) is 15.8. The summed E-state index contributed by atoms with van der Waals surface area (Å²) in [6.07, 6.45) is 1.48. The molecule has 0 unspecified atom stereocenters. The lowest BCUT2D eigenvalue weighted by molar-refractivity contribution is 0.249. The van der Waals surface area contributed by atoms with Gasteiger partial charge in [0.15, 0.2) is 0 Å². The zero-order chi connectivity index (χ0) is 15.1. The third-order valence-corrected chi connectivity index (χ3v) is 2.96. The lowest BCUT2D eigenvalue weighted by Crippen LogP contribution is -2.40. The number of hydrogen-bond donors (Lipinski definition) is 3. The van der Waals surface area contributed by atoms with Crippen LogP contribution in [0.4, 0.5) is 16.3 Å². The van der Waals surface area contributed by atoms with Crippen molar-refractivity contribution in [1.82, 2.24) is 10.3 Å². The zero-order valence-electron chi connectivity index (χ0n) is 11.6. The average molecular weight is 305 g/mol. The van der Waals surface area contributed by atoms with E-state index in [9.17, 15) is 4.79 Å². The van der Waals surface area contributed by atoms with Crippen molar-refractivity contribution in [2.75, 3.05) is 17.2 Å². The van der Waals surface area contributed by atoms with Gasteiger partial charge in [-0.3, -0.25) is 5.32 Å². The number of pyridine rings is 1. The maximum absolute atomic E-state index is 11.8. The van der Waals surface area contributed by atoms with Gasteiger partial charge in [0.1, 0.15) is 5.82 Å². The minimum atomic E-state index is -0.299. The average Bonchev–Trinajstić information content (AvgIpc) is 2.48. The molecule has 1 heterocycles. The van der Waals surface area contributed by atoms with Gasteiger partial charge < -0.3 is 10.6 Å². The van der Waals surface area contributed by atoms with E-state index >= 15 is 0 Å². The molecule has 3 N–H and O–H groups in total. The van der Waals surface area contributed by atoms with Gasteiger partial charge in [-0.1, -0.05) is 29.8 Å². The third-order valence-electron chi connectivity index (χ3n) is 2.73. The van der Waals surface area contributed by atoms with Crippen molar-refractivity contribution in [3.05, 3.63) is 53.7 Å². The number of nitrogens with zero attached hydrogens (tertiary/aromatic N) is 1. The van der Waals surface area contributed by atoms with Gasteiger partial charge in [-0.05, 0) is 31.2 Å². The molecule has 0 radical (unpaired) electrons. The number of carbonyl (C=O) groups is 1. The highest BCUT2D eigenvalue weighted by Gasteiger charge is 2.07. The summed E-state index contributed by atoms with van der Waals surface area (Å²) in [5, 5.41) is 9.25. The molecule has 1 aromatic heterocycles. The maximum Gasteiger partial charge on any atom is 0.320 e. The Kier molecular flexibility index (Phi) is 5.40. The second-order valence-corrected chi connectivity index (χ2v) is 5.04. The van der Waals surface area contributed by atoms with Crippen LogP contribution in [0.2, 0.25) is 5.02 Å². The standard InChI is InChI=1S/C15H17ClN4O/c1-11(9-17-13-5-3-2-4-6-13)19-15(21)20-14-8-7-12(16)10-18-14/h2-8,10-11,17H,9H2,1H3,(H2,18,19,20,21)/t11-/m0/s1. The zero-order valence-corrected chi connectivity index (χ0v) is 12.4. The number of nitrogens with one attached hydrogen (secondary N) is 3. The molecule has 0 aliphatic carbocycles. The van der Waals surface area contributed by atoms with Gasteiger partial charge in [-0.15, -0.1) is 0 Å². The molecular weight excluding hydrogens is 288 g/mol. The number of rotatable bonds is 5. The molecule has 1 atom stereocenters. The molecule has 0 fully saturated rings. The summed E-state index contributed by atoms with van der Waals surface area (Å²) in [5.74, 6) is 0.458. The van der Waals surface area contributed by atoms with Crippen LogP contribution >= 0.6 is 11.6 Å². The summed E-state index contributed by atoms with van der Waals surface area (Å²) >= 11 is 5.73. The molecule has 2 rings (SSSR count). The van der Waals surface area contributed by atoms with Crippen LogP contribution in [0.25, 0.3) is 0 Å². The Balaban J connectivity index is 1.75. The molecule has 1 aromatic carbocycles. The van der Waals surface area contributed by atoms with Crippen molar-refractivity contribution in [2.45, 2.75) is 13.0 Å². The van der Waals surface area contributed by atoms with E-state index in [2.05, 4.69) is 20.9 Å². The van der Waals surface area contributed by atoms with Gasteiger partial charge in [-0.25, -0.2) is 9.78 Å². The fourth-order valence-electron chi connectivity index (χ4n) is 1.70. The molecule has 0 saturated heterocycles. The number of para-hydroxylation sites is 1. The lowest BCUT2D eigenvalue weighted by Gasteiger charge is -2.16. The molecule has 0 saturated carbocycles. The highest BCUT2D eigenvalue weighted by molar-refractivity contribution is 6.30. The van der Waals surface area contributed by atoms with E-state index in [-0.39, 0.29) is 12.1 Å². The predicted octanol–water partition coefficient (Wildman–Crippen LogP) is 3.36. The van der Waals surface area contributed by atoms with Crippen LogP contribution in [0.1, 0.15) is 6.92 Å². The Morgan fingerprint density at radius 1 is 1.24 bits per heavy atom. The predicted molar refractivity (Wildman–Crippen MR) is 85.8 cm³/mol. The van der Waals surface area contributed by atoms with Crippen molar-refractivity contribution in [3.63, 3.8) is 0 Å². The van der Waals surface area contributed by atoms with E-state index < -0.39 is 0 Å². The first-order valence-electron chi connectivity index (χ1n) is 6.61. The van der Waals surface area contributed by atoms with E-state index in [1.54, 1.807) is 12.1 Å². The van der Waals surface area contributed by atoms with Crippen LogP contribution < -0.4 is 16.0 Å². The van der Waals surface area contributed by atoms with E-state index in [4.69, 9.17) is 11.6 Å². The molecule has 6 heteroatoms. The molecule has 2 amide bonds. The minimum Gasteiger partial charge on any atom is -0.383 e. The summed E-state index contributed by atoms with van der Waals surface area (Å²) in [6, 6.07) is 12.8. The van der Waals surface area contributed by atoms with E-state index in [0.29, 0.717) is 17.4 Å². The van der Waals surface area contributed by atoms with Crippen LogP contribution in [0, 0.1) is 0 Å². The van der Waals surface area contributed by atoms with Gasteiger partial charge in [-0.2, -0.15) is 0 Å². The quantitative estimate of drug-likeness (QED) is 0.793. The summed E-state index contributed by atoms with van der Waals surface area (Å²) < 4.78 is 0. The number of carbonyl (C=O) groups excluding carboxylic acids is 1. The van der Waals surface area contributed by atoms with Crippen LogP contribution in [0.5, 0.6) is 0 Å². The number of benzene rings is 1.